The molecule has 0 saturated heterocycles. The highest BCUT2D eigenvalue weighted by Crippen LogP contribution is 2.34. The first-order valence-electron chi connectivity index (χ1n) is 9.36. The summed E-state index contributed by atoms with van der Waals surface area (Å²) in [5.41, 5.74) is 0.738. The average Bonchev–Trinajstić information content (AvgIpc) is 2.77. The molecular weight excluding hydrogens is 466 g/mol. The quantitative estimate of drug-likeness (QED) is 0.370. The minimum Gasteiger partial charge on any atom is -0.489 e. The van der Waals surface area contributed by atoms with Crippen LogP contribution in [0.2, 0.25) is 10.0 Å². The number of hydrogen-bond acceptors (Lipinski definition) is 4. The second kappa shape index (κ2) is 10.1. The molecule has 0 amide bonds. The SMILES string of the molecule is COC(=O)C(Nc1c(Cl)cccc1Cl)c1cccc(OCc2ccc(C(F)(F)F)cc2)c1. The Balaban J connectivity index is 1.78. The van der Waals surface area contributed by atoms with Crippen LogP contribution in [0, 0.1) is 0 Å². The maximum absolute atomic E-state index is 12.7. The van der Waals surface area contributed by atoms with Crippen LogP contribution in [0.15, 0.2) is 66.7 Å². The first-order chi connectivity index (χ1) is 15.2. The molecule has 1 N–H and O–H groups in total. The zero-order chi connectivity index (χ0) is 23.3. The molecular formula is C23H18Cl2F3NO3. The topological polar surface area (TPSA) is 47.6 Å². The number of nitrogens with one attached hydrogen (secondary N) is 1. The zero-order valence-electron chi connectivity index (χ0n) is 16.7. The van der Waals surface area contributed by atoms with Crippen molar-refractivity contribution in [1.82, 2.24) is 0 Å². The lowest BCUT2D eigenvalue weighted by Gasteiger charge is -2.20. The third kappa shape index (κ3) is 5.87. The second-order valence-electron chi connectivity index (χ2n) is 6.75. The van der Waals surface area contributed by atoms with Gasteiger partial charge in [-0.05, 0) is 47.5 Å². The van der Waals surface area contributed by atoms with Crippen molar-refractivity contribution < 1.29 is 27.4 Å². The number of hydrogen-bond donors (Lipinski definition) is 1. The average molecular weight is 484 g/mol. The molecule has 168 valence electrons. The summed E-state index contributed by atoms with van der Waals surface area (Å²) >= 11 is 12.4. The van der Waals surface area contributed by atoms with E-state index in [0.29, 0.717) is 32.6 Å². The molecule has 3 aromatic carbocycles. The Morgan fingerprint density at radius 3 is 2.22 bits per heavy atom. The van der Waals surface area contributed by atoms with Gasteiger partial charge in [0.05, 0.1) is 28.4 Å². The number of para-hydroxylation sites is 1. The molecule has 0 fully saturated rings. The van der Waals surface area contributed by atoms with E-state index in [0.717, 1.165) is 12.1 Å². The fraction of sp³-hybridized carbons (Fsp3) is 0.174. The minimum absolute atomic E-state index is 0.0499. The molecule has 0 heterocycles. The molecule has 1 atom stereocenters. The number of carbonyl (C=O) groups excluding carboxylic acids is 1. The van der Waals surface area contributed by atoms with E-state index in [1.807, 2.05) is 0 Å². The smallest absolute Gasteiger partial charge is 0.416 e. The molecule has 1 unspecified atom stereocenters. The Morgan fingerprint density at radius 1 is 1.00 bits per heavy atom. The lowest BCUT2D eigenvalue weighted by atomic mass is 10.1. The van der Waals surface area contributed by atoms with E-state index in [9.17, 15) is 18.0 Å². The van der Waals surface area contributed by atoms with Crippen LogP contribution < -0.4 is 10.1 Å². The number of carbonyl (C=O) groups is 1. The van der Waals surface area contributed by atoms with E-state index in [2.05, 4.69) is 5.32 Å². The molecule has 0 bridgehead atoms. The summed E-state index contributed by atoms with van der Waals surface area (Å²) in [5.74, 6) is -0.149. The molecule has 32 heavy (non-hydrogen) atoms. The molecule has 9 heteroatoms. The first kappa shape index (κ1) is 23.8. The molecule has 3 rings (SSSR count). The molecule has 0 aromatic heterocycles. The van der Waals surface area contributed by atoms with Crippen molar-refractivity contribution in [2.45, 2.75) is 18.8 Å². The maximum Gasteiger partial charge on any atom is 0.416 e. The third-order valence-electron chi connectivity index (χ3n) is 4.57. The molecule has 0 spiro atoms. The van der Waals surface area contributed by atoms with E-state index >= 15 is 0 Å². The van der Waals surface area contributed by atoms with E-state index < -0.39 is 23.8 Å². The van der Waals surface area contributed by atoms with Gasteiger partial charge < -0.3 is 14.8 Å². The number of rotatable bonds is 7. The highest BCUT2D eigenvalue weighted by molar-refractivity contribution is 6.39. The molecule has 0 saturated carbocycles. The number of anilines is 1. The number of halogens is 5. The molecule has 3 aromatic rings. The lowest BCUT2D eigenvalue weighted by molar-refractivity contribution is -0.141. The number of esters is 1. The maximum atomic E-state index is 12.7. The van der Waals surface area contributed by atoms with Crippen LogP contribution in [0.25, 0.3) is 0 Å². The van der Waals surface area contributed by atoms with Gasteiger partial charge in [0.25, 0.3) is 0 Å². The number of ether oxygens (including phenoxy) is 2. The zero-order valence-corrected chi connectivity index (χ0v) is 18.3. The van der Waals surface area contributed by atoms with Crippen LogP contribution >= 0.6 is 23.2 Å². The van der Waals surface area contributed by atoms with Crippen LogP contribution in [-0.4, -0.2) is 13.1 Å². The fourth-order valence-electron chi connectivity index (χ4n) is 2.92. The van der Waals surface area contributed by atoms with Gasteiger partial charge in [0.15, 0.2) is 6.04 Å². The van der Waals surface area contributed by atoms with E-state index in [4.69, 9.17) is 32.7 Å². The predicted molar refractivity (Wildman–Crippen MR) is 117 cm³/mol. The van der Waals surface area contributed by atoms with Gasteiger partial charge in [0.1, 0.15) is 12.4 Å². The third-order valence-corrected chi connectivity index (χ3v) is 5.20. The summed E-state index contributed by atoms with van der Waals surface area (Å²) in [5, 5.41) is 3.67. The number of benzene rings is 3. The van der Waals surface area contributed by atoms with E-state index in [1.165, 1.54) is 19.2 Å². The van der Waals surface area contributed by atoms with Crippen molar-refractivity contribution >= 4 is 34.9 Å². The normalized spacial score (nSPS) is 12.2. The summed E-state index contributed by atoms with van der Waals surface area (Å²) in [6.07, 6.45) is -4.39. The van der Waals surface area contributed by atoms with Crippen molar-refractivity contribution in [2.24, 2.45) is 0 Å². The molecule has 4 nitrogen and oxygen atoms in total. The molecule has 0 aliphatic rings. The van der Waals surface area contributed by atoms with E-state index in [-0.39, 0.29) is 6.61 Å². The van der Waals surface area contributed by atoms with Gasteiger partial charge in [-0.1, -0.05) is 53.5 Å². The summed E-state index contributed by atoms with van der Waals surface area (Å²) in [7, 11) is 1.26. The van der Waals surface area contributed by atoms with Crippen LogP contribution in [0.3, 0.4) is 0 Å². The van der Waals surface area contributed by atoms with Crippen LogP contribution in [0.1, 0.15) is 22.7 Å². The standard InChI is InChI=1S/C23H18Cl2F3NO3/c1-31-22(30)20(29-21-18(24)6-3-7-19(21)25)15-4-2-5-17(12-15)32-13-14-8-10-16(11-9-14)23(26,27)28/h2-12,20,29H,13H2,1H3. The van der Waals surface area contributed by atoms with Crippen molar-refractivity contribution in [3.05, 3.63) is 93.5 Å². The minimum atomic E-state index is -4.39. The Bertz CT molecular complexity index is 1070. The highest BCUT2D eigenvalue weighted by atomic mass is 35.5. The van der Waals surface area contributed by atoms with Crippen molar-refractivity contribution in [3.63, 3.8) is 0 Å². The van der Waals surface area contributed by atoms with Crippen LogP contribution in [-0.2, 0) is 22.3 Å². The van der Waals surface area contributed by atoms with E-state index in [1.54, 1.807) is 42.5 Å². The number of methoxy groups -OCH3 is 1. The van der Waals surface area contributed by atoms with Crippen LogP contribution in [0.4, 0.5) is 18.9 Å². The molecule has 0 aliphatic heterocycles. The van der Waals surface area contributed by atoms with Crippen molar-refractivity contribution in [2.75, 3.05) is 12.4 Å². The van der Waals surface area contributed by atoms with Crippen molar-refractivity contribution in [3.8, 4) is 5.75 Å². The fourth-order valence-corrected chi connectivity index (χ4v) is 3.42. The van der Waals surface area contributed by atoms with Gasteiger partial charge in [-0.25, -0.2) is 4.79 Å². The Morgan fingerprint density at radius 2 is 1.62 bits per heavy atom. The van der Waals surface area contributed by atoms with Gasteiger partial charge in [-0.3, -0.25) is 0 Å². The van der Waals surface area contributed by atoms with Gasteiger partial charge in [-0.2, -0.15) is 13.2 Å². The Kier molecular flexibility index (Phi) is 7.53. The van der Waals surface area contributed by atoms with Gasteiger partial charge >= 0.3 is 12.1 Å². The summed E-state index contributed by atoms with van der Waals surface area (Å²) in [6, 6.07) is 15.4. The Hall–Kier alpha value is -2.90. The predicted octanol–water partition coefficient (Wildman–Crippen LogP) is 6.92. The highest BCUT2D eigenvalue weighted by Gasteiger charge is 2.30. The van der Waals surface area contributed by atoms with Gasteiger partial charge in [0.2, 0.25) is 0 Å². The second-order valence-corrected chi connectivity index (χ2v) is 7.57. The van der Waals surface area contributed by atoms with Crippen LogP contribution in [0.5, 0.6) is 5.75 Å². The lowest BCUT2D eigenvalue weighted by Crippen LogP contribution is -2.22. The largest absolute Gasteiger partial charge is 0.489 e. The Labute approximate surface area is 192 Å². The number of alkyl halides is 3. The summed E-state index contributed by atoms with van der Waals surface area (Å²) < 4.78 is 48.7. The summed E-state index contributed by atoms with van der Waals surface area (Å²) in [4.78, 5) is 12.4. The molecule has 0 radical (unpaired) electrons. The summed E-state index contributed by atoms with van der Waals surface area (Å²) in [6.45, 7) is 0.0499. The van der Waals surface area contributed by atoms with Gasteiger partial charge in [0, 0.05) is 0 Å². The monoisotopic (exact) mass is 483 g/mol. The first-order valence-corrected chi connectivity index (χ1v) is 10.1. The van der Waals surface area contributed by atoms with Gasteiger partial charge in [-0.15, -0.1) is 0 Å². The molecule has 0 aliphatic carbocycles. The van der Waals surface area contributed by atoms with Crippen molar-refractivity contribution in [1.29, 1.82) is 0 Å².